The molecule has 0 amide bonds. The summed E-state index contributed by atoms with van der Waals surface area (Å²) in [6.07, 6.45) is 1.08. The first-order valence-electron chi connectivity index (χ1n) is 7.76. The minimum atomic E-state index is 0.360. The molecule has 112 valence electrons. The highest BCUT2D eigenvalue weighted by molar-refractivity contribution is 5.30. The highest BCUT2D eigenvalue weighted by Gasteiger charge is 2.35. The van der Waals surface area contributed by atoms with E-state index in [-0.39, 0.29) is 0 Å². The molecule has 1 saturated heterocycles. The number of hydrogen-bond donors (Lipinski definition) is 1. The molecule has 0 bridgehead atoms. The van der Waals surface area contributed by atoms with Crippen LogP contribution in [0.1, 0.15) is 31.0 Å². The average Bonchev–Trinajstić information content (AvgIpc) is 2.82. The normalized spacial score (nSPS) is 25.3. The van der Waals surface area contributed by atoms with E-state index in [0.717, 1.165) is 19.5 Å². The van der Waals surface area contributed by atoms with Gasteiger partial charge >= 0.3 is 0 Å². The number of benzene rings is 1. The lowest BCUT2D eigenvalue weighted by Crippen LogP contribution is -2.37. The number of nitrogens with zero attached hydrogens (tertiary/aromatic N) is 2. The van der Waals surface area contributed by atoms with Crippen LogP contribution in [-0.2, 0) is 6.42 Å². The first-order valence-corrected chi connectivity index (χ1v) is 7.76. The van der Waals surface area contributed by atoms with E-state index in [1.165, 1.54) is 11.1 Å². The third-order valence-corrected chi connectivity index (χ3v) is 4.72. The largest absolute Gasteiger partial charge is 0.329 e. The average molecular weight is 275 g/mol. The molecule has 0 aromatic heterocycles. The predicted octanol–water partition coefficient (Wildman–Crippen LogP) is 2.13. The highest BCUT2D eigenvalue weighted by atomic mass is 15.3. The van der Waals surface area contributed by atoms with Gasteiger partial charge in [0.1, 0.15) is 0 Å². The fraction of sp³-hybridized carbons (Fsp3) is 0.647. The van der Waals surface area contributed by atoms with Crippen LogP contribution < -0.4 is 5.73 Å². The van der Waals surface area contributed by atoms with E-state index < -0.39 is 0 Å². The van der Waals surface area contributed by atoms with Gasteiger partial charge in [-0.3, -0.25) is 4.90 Å². The van der Waals surface area contributed by atoms with Crippen LogP contribution in [-0.4, -0.2) is 49.6 Å². The van der Waals surface area contributed by atoms with E-state index in [1.807, 2.05) is 0 Å². The van der Waals surface area contributed by atoms with Crippen molar-refractivity contribution in [2.24, 2.45) is 11.7 Å². The van der Waals surface area contributed by atoms with Crippen molar-refractivity contribution in [3.63, 3.8) is 0 Å². The standard InChI is InChI=1S/C17H29N3/c1-5-14-8-6-7-9-15(14)16(10-18)20-11-13(2)17(12-20)19(3)4/h6-9,13,16-17H,5,10-12,18H2,1-4H3. The summed E-state index contributed by atoms with van der Waals surface area (Å²) in [6, 6.07) is 9.76. The molecule has 1 aliphatic rings. The number of hydrogen-bond acceptors (Lipinski definition) is 3. The lowest BCUT2D eigenvalue weighted by molar-refractivity contribution is 0.219. The van der Waals surface area contributed by atoms with Crippen molar-refractivity contribution in [1.82, 2.24) is 9.80 Å². The van der Waals surface area contributed by atoms with Gasteiger partial charge < -0.3 is 10.6 Å². The molecule has 1 fully saturated rings. The Labute approximate surface area is 123 Å². The SMILES string of the molecule is CCc1ccccc1C(CN)N1CC(C)C(N(C)C)C1. The smallest absolute Gasteiger partial charge is 0.0473 e. The van der Waals surface area contributed by atoms with E-state index in [1.54, 1.807) is 0 Å². The van der Waals surface area contributed by atoms with Gasteiger partial charge in [-0.15, -0.1) is 0 Å². The maximum atomic E-state index is 6.12. The Bertz CT molecular complexity index is 430. The molecule has 0 aliphatic carbocycles. The van der Waals surface area contributed by atoms with Crippen LogP contribution in [0.25, 0.3) is 0 Å². The van der Waals surface area contributed by atoms with E-state index >= 15 is 0 Å². The van der Waals surface area contributed by atoms with Crippen molar-refractivity contribution < 1.29 is 0 Å². The number of nitrogens with two attached hydrogens (primary N) is 1. The second-order valence-electron chi connectivity index (χ2n) is 6.27. The minimum Gasteiger partial charge on any atom is -0.329 e. The summed E-state index contributed by atoms with van der Waals surface area (Å²) in [4.78, 5) is 4.92. The van der Waals surface area contributed by atoms with Gasteiger partial charge in [0, 0.05) is 31.7 Å². The molecule has 3 heteroatoms. The molecule has 3 atom stereocenters. The topological polar surface area (TPSA) is 32.5 Å². The molecular formula is C17H29N3. The van der Waals surface area contributed by atoms with Gasteiger partial charge in [-0.05, 0) is 37.6 Å². The van der Waals surface area contributed by atoms with Crippen molar-refractivity contribution in [3.05, 3.63) is 35.4 Å². The lowest BCUT2D eigenvalue weighted by atomic mass is 9.97. The summed E-state index contributed by atoms with van der Waals surface area (Å²) in [5.41, 5.74) is 8.97. The third kappa shape index (κ3) is 3.05. The molecule has 3 nitrogen and oxygen atoms in total. The molecule has 1 aromatic rings. The zero-order valence-corrected chi connectivity index (χ0v) is 13.3. The van der Waals surface area contributed by atoms with Crippen LogP contribution >= 0.6 is 0 Å². The Balaban J connectivity index is 2.21. The molecule has 1 aromatic carbocycles. The second-order valence-corrected chi connectivity index (χ2v) is 6.27. The van der Waals surface area contributed by atoms with Gasteiger partial charge in [0.05, 0.1) is 0 Å². The van der Waals surface area contributed by atoms with Crippen molar-refractivity contribution in [1.29, 1.82) is 0 Å². The van der Waals surface area contributed by atoms with Crippen LogP contribution in [0.2, 0.25) is 0 Å². The molecule has 0 radical (unpaired) electrons. The molecular weight excluding hydrogens is 246 g/mol. The van der Waals surface area contributed by atoms with Gasteiger partial charge in [0.2, 0.25) is 0 Å². The number of aryl methyl sites for hydroxylation is 1. The first kappa shape index (κ1) is 15.5. The monoisotopic (exact) mass is 275 g/mol. The van der Waals surface area contributed by atoms with E-state index in [0.29, 0.717) is 24.5 Å². The zero-order chi connectivity index (χ0) is 14.7. The molecule has 1 heterocycles. The summed E-state index contributed by atoms with van der Waals surface area (Å²) in [5, 5.41) is 0. The van der Waals surface area contributed by atoms with Crippen LogP contribution in [0.3, 0.4) is 0 Å². The quantitative estimate of drug-likeness (QED) is 0.893. The number of likely N-dealkylation sites (tertiary alicyclic amines) is 1. The Hall–Kier alpha value is -0.900. The van der Waals surface area contributed by atoms with Crippen molar-refractivity contribution in [2.75, 3.05) is 33.7 Å². The first-order chi connectivity index (χ1) is 9.58. The Morgan fingerprint density at radius 2 is 2.00 bits per heavy atom. The van der Waals surface area contributed by atoms with Crippen molar-refractivity contribution >= 4 is 0 Å². The maximum absolute atomic E-state index is 6.12. The Kier molecular flexibility index (Phi) is 5.19. The van der Waals surface area contributed by atoms with Crippen LogP contribution in [0.15, 0.2) is 24.3 Å². The third-order valence-electron chi connectivity index (χ3n) is 4.72. The van der Waals surface area contributed by atoms with Crippen LogP contribution in [0.4, 0.5) is 0 Å². The van der Waals surface area contributed by atoms with Gasteiger partial charge in [-0.2, -0.15) is 0 Å². The fourth-order valence-corrected chi connectivity index (χ4v) is 3.57. The molecule has 3 unspecified atom stereocenters. The van der Waals surface area contributed by atoms with Crippen molar-refractivity contribution in [2.45, 2.75) is 32.4 Å². The van der Waals surface area contributed by atoms with Crippen LogP contribution in [0, 0.1) is 5.92 Å². The van der Waals surface area contributed by atoms with Crippen LogP contribution in [0.5, 0.6) is 0 Å². The molecule has 0 saturated carbocycles. The number of likely N-dealkylation sites (N-methyl/N-ethyl adjacent to an activating group) is 1. The van der Waals surface area contributed by atoms with E-state index in [9.17, 15) is 0 Å². The summed E-state index contributed by atoms with van der Waals surface area (Å²) in [7, 11) is 4.37. The summed E-state index contributed by atoms with van der Waals surface area (Å²) < 4.78 is 0. The minimum absolute atomic E-state index is 0.360. The van der Waals surface area contributed by atoms with Gasteiger partial charge in [0.15, 0.2) is 0 Å². The Morgan fingerprint density at radius 1 is 1.30 bits per heavy atom. The zero-order valence-electron chi connectivity index (χ0n) is 13.3. The van der Waals surface area contributed by atoms with E-state index in [4.69, 9.17) is 5.73 Å². The lowest BCUT2D eigenvalue weighted by Gasteiger charge is -2.29. The molecule has 2 rings (SSSR count). The second kappa shape index (κ2) is 6.70. The van der Waals surface area contributed by atoms with Gasteiger partial charge in [-0.25, -0.2) is 0 Å². The summed E-state index contributed by atoms with van der Waals surface area (Å²) in [6.45, 7) is 7.53. The summed E-state index contributed by atoms with van der Waals surface area (Å²) in [5.74, 6) is 0.702. The molecule has 1 aliphatic heterocycles. The van der Waals surface area contributed by atoms with Gasteiger partial charge in [-0.1, -0.05) is 38.1 Å². The molecule has 0 spiro atoms. The predicted molar refractivity (Wildman–Crippen MR) is 85.8 cm³/mol. The van der Waals surface area contributed by atoms with Gasteiger partial charge in [0.25, 0.3) is 0 Å². The Morgan fingerprint density at radius 3 is 2.55 bits per heavy atom. The summed E-state index contributed by atoms with van der Waals surface area (Å²) >= 11 is 0. The van der Waals surface area contributed by atoms with E-state index in [2.05, 4.69) is 62.0 Å². The molecule has 20 heavy (non-hydrogen) atoms. The maximum Gasteiger partial charge on any atom is 0.0473 e. The fourth-order valence-electron chi connectivity index (χ4n) is 3.57. The number of rotatable bonds is 5. The molecule has 2 N–H and O–H groups in total. The highest BCUT2D eigenvalue weighted by Crippen LogP contribution is 2.30. The van der Waals surface area contributed by atoms with Crippen molar-refractivity contribution in [3.8, 4) is 0 Å².